The Morgan fingerprint density at radius 1 is 1.12 bits per heavy atom. The molecule has 0 aromatic heterocycles. The normalized spacial score (nSPS) is 55.4. The molecule has 1 aliphatic heterocycles. The minimum Gasteiger partial charge on any atom is -0.394 e. The fourth-order valence-corrected chi connectivity index (χ4v) is 2.61. The fourth-order valence-electron chi connectivity index (χ4n) is 2.61. The van der Waals surface area contributed by atoms with Crippen LogP contribution in [-0.2, 0) is 4.74 Å². The summed E-state index contributed by atoms with van der Waals surface area (Å²) in [6.45, 7) is -0.497. The van der Waals surface area contributed by atoms with E-state index >= 15 is 0 Å². The number of fused-ring (bicyclic) bond motifs is 1. The molecule has 0 spiro atoms. The van der Waals surface area contributed by atoms with Gasteiger partial charge in [0, 0.05) is 12.8 Å². The van der Waals surface area contributed by atoms with Crippen LogP contribution in [-0.4, -0.2) is 79.5 Å². The molecule has 1 aliphatic carbocycles. The highest BCUT2D eigenvalue weighted by Crippen LogP contribution is 2.39. The van der Waals surface area contributed by atoms with Gasteiger partial charge in [-0.2, -0.15) is 0 Å². The Bertz CT molecular complexity index is 286. The fraction of sp³-hybridized carbons (Fsp3) is 1.00. The minimum absolute atomic E-state index is 0.0576. The van der Waals surface area contributed by atoms with Crippen molar-refractivity contribution in [3.8, 4) is 0 Å². The molecule has 2 aliphatic rings. The molecule has 1 saturated heterocycles. The lowest BCUT2D eigenvalue weighted by Gasteiger charge is -2.52. The molecule has 100 valence electrons. The molecule has 2 fully saturated rings. The predicted octanol–water partition coefficient (Wildman–Crippen LogP) is -3.29. The van der Waals surface area contributed by atoms with E-state index in [0.29, 0.717) is 0 Å². The van der Waals surface area contributed by atoms with Crippen molar-refractivity contribution in [1.29, 1.82) is 0 Å². The smallest absolute Gasteiger partial charge is 0.122 e. The first kappa shape index (κ1) is 13.2. The highest BCUT2D eigenvalue weighted by molar-refractivity contribution is 5.08. The van der Waals surface area contributed by atoms with Gasteiger partial charge in [0.05, 0.1) is 24.9 Å². The zero-order valence-corrected chi connectivity index (χ0v) is 9.18. The number of ether oxygens (including phenoxy) is 1. The van der Waals surface area contributed by atoms with Gasteiger partial charge >= 0.3 is 0 Å². The molecular weight excluding hydrogens is 232 g/mol. The number of hydrogen-bond acceptors (Lipinski definition) is 7. The van der Waals surface area contributed by atoms with Crippen molar-refractivity contribution in [2.75, 3.05) is 6.61 Å². The molecule has 0 aromatic rings. The van der Waals surface area contributed by atoms with Gasteiger partial charge in [-0.25, -0.2) is 0 Å². The van der Waals surface area contributed by atoms with Gasteiger partial charge < -0.3 is 35.4 Å². The van der Waals surface area contributed by atoms with Crippen LogP contribution in [0.3, 0.4) is 0 Å². The van der Waals surface area contributed by atoms with Gasteiger partial charge in [0.2, 0.25) is 0 Å². The molecule has 0 amide bonds. The summed E-state index contributed by atoms with van der Waals surface area (Å²) >= 11 is 0. The Morgan fingerprint density at radius 3 is 2.35 bits per heavy atom. The molecule has 7 nitrogen and oxygen atoms in total. The average molecular weight is 250 g/mol. The van der Waals surface area contributed by atoms with Crippen molar-refractivity contribution in [3.05, 3.63) is 0 Å². The molecule has 7 atom stereocenters. The van der Waals surface area contributed by atoms with Crippen LogP contribution in [0.4, 0.5) is 0 Å². The Balaban J connectivity index is 2.23. The van der Waals surface area contributed by atoms with Crippen LogP contribution < -0.4 is 0 Å². The van der Waals surface area contributed by atoms with Crippen LogP contribution in [0.2, 0.25) is 0 Å². The predicted molar refractivity (Wildman–Crippen MR) is 54.0 cm³/mol. The molecule has 2 rings (SSSR count). The van der Waals surface area contributed by atoms with Gasteiger partial charge in [0.25, 0.3) is 0 Å². The summed E-state index contributed by atoms with van der Waals surface area (Å²) in [5.41, 5.74) is -1.80. The van der Waals surface area contributed by atoms with Crippen molar-refractivity contribution in [1.82, 2.24) is 0 Å². The molecule has 1 heterocycles. The Hall–Kier alpha value is -0.280. The molecule has 7 heteroatoms. The third-order valence-corrected chi connectivity index (χ3v) is 3.73. The van der Waals surface area contributed by atoms with Gasteiger partial charge in [-0.1, -0.05) is 0 Å². The maximum absolute atomic E-state index is 10.2. The van der Waals surface area contributed by atoms with Crippen molar-refractivity contribution < 1.29 is 35.4 Å². The number of aliphatic hydroxyl groups is 6. The average Bonchev–Trinajstić information content (AvgIpc) is 2.28. The van der Waals surface area contributed by atoms with Gasteiger partial charge in [0.1, 0.15) is 23.9 Å². The van der Waals surface area contributed by atoms with Crippen LogP contribution in [0.5, 0.6) is 0 Å². The van der Waals surface area contributed by atoms with Crippen molar-refractivity contribution in [2.24, 2.45) is 0 Å². The van der Waals surface area contributed by atoms with Crippen molar-refractivity contribution in [3.63, 3.8) is 0 Å². The number of hydrogen-bond donors (Lipinski definition) is 6. The molecule has 1 saturated carbocycles. The van der Waals surface area contributed by atoms with E-state index in [2.05, 4.69) is 0 Å². The summed E-state index contributed by atoms with van der Waals surface area (Å²) in [5, 5.41) is 57.7. The first-order chi connectivity index (χ1) is 7.90. The Labute approximate surface area is 97.9 Å². The maximum atomic E-state index is 10.2. The van der Waals surface area contributed by atoms with Crippen LogP contribution in [0.15, 0.2) is 0 Å². The summed E-state index contributed by atoms with van der Waals surface area (Å²) in [4.78, 5) is 0. The molecule has 17 heavy (non-hydrogen) atoms. The van der Waals surface area contributed by atoms with Crippen molar-refractivity contribution >= 4 is 0 Å². The largest absolute Gasteiger partial charge is 0.394 e. The molecule has 0 radical (unpaired) electrons. The lowest BCUT2D eigenvalue weighted by Crippen LogP contribution is -2.70. The van der Waals surface area contributed by atoms with E-state index in [1.54, 1.807) is 0 Å². The third kappa shape index (κ3) is 1.97. The summed E-state index contributed by atoms with van der Waals surface area (Å²) in [7, 11) is 0. The van der Waals surface area contributed by atoms with Gasteiger partial charge in [-0.05, 0) is 0 Å². The summed E-state index contributed by atoms with van der Waals surface area (Å²) < 4.78 is 5.26. The van der Waals surface area contributed by atoms with E-state index in [-0.39, 0.29) is 12.8 Å². The van der Waals surface area contributed by atoms with Crippen LogP contribution in [0, 0.1) is 0 Å². The Morgan fingerprint density at radius 2 is 1.76 bits per heavy atom. The third-order valence-electron chi connectivity index (χ3n) is 3.73. The zero-order chi connectivity index (χ0) is 12.8. The molecule has 6 N–H and O–H groups in total. The second kappa shape index (κ2) is 4.43. The lowest BCUT2D eigenvalue weighted by atomic mass is 9.71. The second-order valence-electron chi connectivity index (χ2n) is 4.85. The first-order valence-electron chi connectivity index (χ1n) is 5.61. The van der Waals surface area contributed by atoms with Gasteiger partial charge in [-0.15, -0.1) is 0 Å². The maximum Gasteiger partial charge on any atom is 0.122 e. The van der Waals surface area contributed by atoms with Crippen LogP contribution in [0.1, 0.15) is 12.8 Å². The summed E-state index contributed by atoms with van der Waals surface area (Å²) in [6, 6.07) is 0. The lowest BCUT2D eigenvalue weighted by molar-refractivity contribution is -0.301. The quantitative estimate of drug-likeness (QED) is 0.287. The molecule has 0 bridgehead atoms. The van der Waals surface area contributed by atoms with E-state index in [4.69, 9.17) is 9.84 Å². The second-order valence-corrected chi connectivity index (χ2v) is 4.85. The van der Waals surface area contributed by atoms with Crippen LogP contribution >= 0.6 is 0 Å². The van der Waals surface area contributed by atoms with Crippen LogP contribution in [0.25, 0.3) is 0 Å². The molecule has 0 aromatic carbocycles. The van der Waals surface area contributed by atoms with Gasteiger partial charge in [0.15, 0.2) is 0 Å². The zero-order valence-electron chi connectivity index (χ0n) is 9.18. The van der Waals surface area contributed by atoms with E-state index in [9.17, 15) is 25.5 Å². The number of aliphatic hydroxyl groups excluding tert-OH is 5. The summed E-state index contributed by atoms with van der Waals surface area (Å²) in [6.07, 6.45) is -7.44. The number of rotatable bonds is 1. The topological polar surface area (TPSA) is 131 Å². The highest BCUT2D eigenvalue weighted by Gasteiger charge is 2.58. The first-order valence-corrected chi connectivity index (χ1v) is 5.61. The SMILES string of the molecule is OC[C@H]1OC2C[C@H](O)[C@H](O)C[C@]2(O)[C@@H](O)[C@@H]1O. The van der Waals surface area contributed by atoms with Crippen molar-refractivity contribution in [2.45, 2.75) is 55.1 Å². The van der Waals surface area contributed by atoms with E-state index in [1.807, 2.05) is 0 Å². The standard InChI is InChI=1S/C10H18O7/c11-3-6-8(14)9(15)10(16)2-5(13)4(12)1-7(10)17-6/h4-9,11-16H,1-3H2/t4-,5+,6+,7?,8+,9-,10+/m0/s1. The minimum atomic E-state index is -1.80. The monoisotopic (exact) mass is 250 g/mol. The molecular formula is C10H18O7. The highest BCUT2D eigenvalue weighted by atomic mass is 16.5. The van der Waals surface area contributed by atoms with E-state index in [1.165, 1.54) is 0 Å². The van der Waals surface area contributed by atoms with E-state index < -0.39 is 48.8 Å². The molecule has 1 unspecified atom stereocenters. The Kier molecular flexibility index (Phi) is 3.43. The summed E-state index contributed by atoms with van der Waals surface area (Å²) in [5.74, 6) is 0. The van der Waals surface area contributed by atoms with E-state index in [0.717, 1.165) is 0 Å². The van der Waals surface area contributed by atoms with Gasteiger partial charge in [-0.3, -0.25) is 0 Å².